The van der Waals surface area contributed by atoms with Gasteiger partial charge in [-0.3, -0.25) is 0 Å². The van der Waals surface area contributed by atoms with E-state index in [1.165, 1.54) is 12.2 Å². The van der Waals surface area contributed by atoms with E-state index in [0.717, 1.165) is 36.6 Å². The molecule has 2 rings (SSSR count). The number of phenols is 1. The van der Waals surface area contributed by atoms with E-state index in [0.29, 0.717) is 23.1 Å². The monoisotopic (exact) mass is 361 g/mol. The lowest BCUT2D eigenvalue weighted by Gasteiger charge is -2.14. The number of carboxylic acids is 1. The minimum Gasteiger partial charge on any atom is -0.544 e. The smallest absolute Gasteiger partial charge is 0.339 e. The first-order valence-corrected chi connectivity index (χ1v) is 9.18. The molecular weight excluding hydrogens is 334 g/mol. The maximum atomic E-state index is 12.5. The van der Waals surface area contributed by atoms with E-state index >= 15 is 0 Å². The quantitative estimate of drug-likeness (QED) is 0.514. The van der Waals surface area contributed by atoms with Gasteiger partial charge in [-0.05, 0) is 44.4 Å². The maximum Gasteiger partial charge on any atom is 0.339 e. The molecule has 6 heteroatoms. The van der Waals surface area contributed by atoms with E-state index in [9.17, 15) is 19.8 Å². The Bertz CT molecular complexity index is 840. The van der Waals surface area contributed by atoms with E-state index in [-0.39, 0.29) is 17.9 Å². The Labute approximate surface area is 152 Å². The highest BCUT2D eigenvalue weighted by Crippen LogP contribution is 2.29. The number of aryl methyl sites for hydroxylation is 1. The molecule has 0 fully saturated rings. The lowest BCUT2D eigenvalue weighted by atomic mass is 9.99. The van der Waals surface area contributed by atoms with Gasteiger partial charge in [-0.15, -0.1) is 0 Å². The van der Waals surface area contributed by atoms with Crippen LogP contribution in [-0.2, 0) is 17.8 Å². The van der Waals surface area contributed by atoms with Gasteiger partial charge in [0, 0.05) is 10.9 Å². The highest BCUT2D eigenvalue weighted by molar-refractivity contribution is 5.85. The van der Waals surface area contributed by atoms with Crippen LogP contribution in [0.15, 0.2) is 21.3 Å². The second-order valence-electron chi connectivity index (χ2n) is 6.79. The van der Waals surface area contributed by atoms with Crippen LogP contribution in [0.4, 0.5) is 0 Å². The summed E-state index contributed by atoms with van der Waals surface area (Å²) in [5.74, 6) is -1.20. The van der Waals surface area contributed by atoms with E-state index in [1.807, 2.05) is 6.92 Å². The number of aromatic hydroxyl groups is 1. The average Bonchev–Trinajstić information content (AvgIpc) is 2.59. The van der Waals surface area contributed by atoms with Gasteiger partial charge in [-0.25, -0.2) is 4.79 Å². The van der Waals surface area contributed by atoms with Gasteiger partial charge in [0.25, 0.3) is 0 Å². The molecule has 1 atom stereocenters. The number of hydrogen-bond acceptors (Lipinski definition) is 5. The number of hydrogen-bond donors (Lipinski definition) is 2. The molecule has 0 aliphatic heterocycles. The summed E-state index contributed by atoms with van der Waals surface area (Å²) in [5.41, 5.74) is 1.91. The van der Waals surface area contributed by atoms with Crippen molar-refractivity contribution in [3.8, 4) is 5.75 Å². The van der Waals surface area contributed by atoms with Crippen LogP contribution in [-0.4, -0.2) is 17.1 Å². The first-order chi connectivity index (χ1) is 12.4. The van der Waals surface area contributed by atoms with Crippen molar-refractivity contribution in [1.82, 2.24) is 0 Å². The summed E-state index contributed by atoms with van der Waals surface area (Å²) in [5, 5.41) is 23.4. The number of phenolic OH excluding ortho intramolecular Hbond substituents is 1. The van der Waals surface area contributed by atoms with E-state index in [2.05, 4.69) is 6.92 Å². The summed E-state index contributed by atoms with van der Waals surface area (Å²) in [6.07, 6.45) is 4.96. The number of unbranched alkanes of at least 4 members (excludes halogenated alkanes) is 3. The fourth-order valence-corrected chi connectivity index (χ4v) is 3.11. The van der Waals surface area contributed by atoms with Crippen LogP contribution in [0.1, 0.15) is 56.2 Å². The Morgan fingerprint density at radius 2 is 2.00 bits per heavy atom. The predicted molar refractivity (Wildman–Crippen MR) is 96.8 cm³/mol. The molecule has 142 valence electrons. The van der Waals surface area contributed by atoms with E-state index < -0.39 is 12.0 Å². The second-order valence-corrected chi connectivity index (χ2v) is 6.79. The SMILES string of the molecule is CCCCCCc1c(C)c2ccc(O)c(C[NH2+][C@H](C)C(=O)[O-])c2oc1=O. The number of benzene rings is 1. The van der Waals surface area contributed by atoms with Crippen molar-refractivity contribution in [2.24, 2.45) is 0 Å². The molecule has 0 aliphatic rings. The molecule has 1 aromatic carbocycles. The van der Waals surface area contributed by atoms with Crippen molar-refractivity contribution in [2.45, 2.75) is 65.5 Å². The van der Waals surface area contributed by atoms with E-state index in [1.54, 1.807) is 12.1 Å². The van der Waals surface area contributed by atoms with Crippen molar-refractivity contribution >= 4 is 16.9 Å². The topological polar surface area (TPSA) is 107 Å². The summed E-state index contributed by atoms with van der Waals surface area (Å²) in [7, 11) is 0. The first kappa shape index (κ1) is 20.0. The Balaban J connectivity index is 2.38. The average molecular weight is 361 g/mol. The fourth-order valence-electron chi connectivity index (χ4n) is 3.11. The molecule has 0 amide bonds. The van der Waals surface area contributed by atoms with Crippen molar-refractivity contribution in [1.29, 1.82) is 0 Å². The van der Waals surface area contributed by atoms with Crippen LogP contribution in [0.25, 0.3) is 11.0 Å². The largest absolute Gasteiger partial charge is 0.544 e. The number of carbonyl (C=O) groups is 1. The van der Waals surface area contributed by atoms with Gasteiger partial charge in [-0.2, -0.15) is 0 Å². The van der Waals surface area contributed by atoms with Crippen LogP contribution in [0.3, 0.4) is 0 Å². The first-order valence-electron chi connectivity index (χ1n) is 9.18. The standard InChI is InChI=1S/C20H27NO5/c1-4-5-6-7-8-15-12(2)14-9-10-17(22)16(18(14)26-20(15)25)11-21-13(3)19(23)24/h9-10,13,21-22H,4-8,11H2,1-3H3,(H,23,24)/t13-/m1/s1. The van der Waals surface area contributed by atoms with Gasteiger partial charge in [0.1, 0.15) is 18.3 Å². The van der Waals surface area contributed by atoms with Crippen molar-refractivity contribution in [3.05, 3.63) is 39.2 Å². The molecule has 1 aromatic heterocycles. The number of fused-ring (bicyclic) bond motifs is 1. The van der Waals surface area contributed by atoms with Gasteiger partial charge >= 0.3 is 5.63 Å². The zero-order valence-corrected chi connectivity index (χ0v) is 15.6. The van der Waals surface area contributed by atoms with Gasteiger partial charge in [0.05, 0.1) is 11.5 Å². The van der Waals surface area contributed by atoms with Gasteiger partial charge in [0.2, 0.25) is 0 Å². The highest BCUT2D eigenvalue weighted by Gasteiger charge is 2.18. The number of carboxylic acid groups (broad SMARTS) is 1. The molecule has 26 heavy (non-hydrogen) atoms. The normalized spacial score (nSPS) is 12.4. The third-order valence-corrected chi connectivity index (χ3v) is 4.86. The molecule has 3 N–H and O–H groups in total. The molecule has 0 unspecified atom stereocenters. The molecule has 0 aliphatic carbocycles. The zero-order chi connectivity index (χ0) is 19.3. The minimum atomic E-state index is -1.18. The summed E-state index contributed by atoms with van der Waals surface area (Å²) in [6.45, 7) is 5.72. The molecule has 6 nitrogen and oxygen atoms in total. The fraction of sp³-hybridized carbons (Fsp3) is 0.500. The molecule has 1 heterocycles. The van der Waals surface area contributed by atoms with Gasteiger partial charge in [-0.1, -0.05) is 26.2 Å². The summed E-state index contributed by atoms with van der Waals surface area (Å²) in [6, 6.07) is 2.53. The van der Waals surface area contributed by atoms with Crippen LogP contribution < -0.4 is 16.0 Å². The van der Waals surface area contributed by atoms with Gasteiger partial charge < -0.3 is 24.7 Å². The lowest BCUT2D eigenvalue weighted by Crippen LogP contribution is -2.90. The number of quaternary nitrogens is 1. The van der Waals surface area contributed by atoms with Crippen LogP contribution >= 0.6 is 0 Å². The highest BCUT2D eigenvalue weighted by atomic mass is 16.4. The number of aliphatic carboxylic acids is 1. The van der Waals surface area contributed by atoms with E-state index in [4.69, 9.17) is 4.42 Å². The van der Waals surface area contributed by atoms with Crippen molar-refractivity contribution < 1.29 is 24.7 Å². The molecule has 0 saturated carbocycles. The predicted octanol–water partition coefficient (Wildman–Crippen LogP) is 1.13. The molecule has 0 bridgehead atoms. The Kier molecular flexibility index (Phi) is 6.80. The molecular formula is C20H27NO5. The van der Waals surface area contributed by atoms with Crippen LogP contribution in [0, 0.1) is 6.92 Å². The molecule has 0 saturated heterocycles. The lowest BCUT2D eigenvalue weighted by molar-refractivity contribution is -0.695. The summed E-state index contributed by atoms with van der Waals surface area (Å²) >= 11 is 0. The Hall–Kier alpha value is -2.34. The van der Waals surface area contributed by atoms with Crippen LogP contribution in [0.5, 0.6) is 5.75 Å². The summed E-state index contributed by atoms with van der Waals surface area (Å²) in [4.78, 5) is 23.4. The zero-order valence-electron chi connectivity index (χ0n) is 15.6. The third-order valence-electron chi connectivity index (χ3n) is 4.86. The number of rotatable bonds is 9. The molecule has 0 spiro atoms. The third kappa shape index (κ3) is 4.43. The maximum absolute atomic E-state index is 12.5. The number of carbonyl (C=O) groups excluding carboxylic acids is 1. The minimum absolute atomic E-state index is 0.0162. The van der Waals surface area contributed by atoms with Crippen molar-refractivity contribution in [2.75, 3.05) is 0 Å². The Morgan fingerprint density at radius 1 is 1.27 bits per heavy atom. The molecule has 2 aromatic rings. The number of nitrogens with two attached hydrogens (primary N) is 1. The van der Waals surface area contributed by atoms with Crippen LogP contribution in [0.2, 0.25) is 0 Å². The van der Waals surface area contributed by atoms with Gasteiger partial charge in [0.15, 0.2) is 5.58 Å². The summed E-state index contributed by atoms with van der Waals surface area (Å²) < 4.78 is 5.54. The molecule has 0 radical (unpaired) electrons. The second kappa shape index (κ2) is 8.85. The Morgan fingerprint density at radius 3 is 2.65 bits per heavy atom. The van der Waals surface area contributed by atoms with Crippen molar-refractivity contribution in [3.63, 3.8) is 0 Å².